The van der Waals surface area contributed by atoms with E-state index in [9.17, 15) is 9.18 Å². The number of nitrogens with one attached hydrogen (secondary N) is 1. The third kappa shape index (κ3) is 2.64. The first-order chi connectivity index (χ1) is 10.9. The Kier molecular flexibility index (Phi) is 3.96. The van der Waals surface area contributed by atoms with Gasteiger partial charge in [0, 0.05) is 18.3 Å². The number of rotatable bonds is 3. The van der Waals surface area contributed by atoms with Crippen molar-refractivity contribution < 1.29 is 9.18 Å². The van der Waals surface area contributed by atoms with Gasteiger partial charge in [-0.1, -0.05) is 12.1 Å². The van der Waals surface area contributed by atoms with Crippen molar-refractivity contribution in [3.63, 3.8) is 0 Å². The fraction of sp³-hybridized carbons (Fsp3) is 0.444. The normalized spacial score (nSPS) is 17.9. The van der Waals surface area contributed by atoms with Crippen LogP contribution >= 0.6 is 0 Å². The number of aryl methyl sites for hydroxylation is 2. The minimum absolute atomic E-state index is 0.0358. The number of amides is 1. The average Bonchev–Trinajstić information content (AvgIpc) is 3.01. The van der Waals surface area contributed by atoms with E-state index in [2.05, 4.69) is 10.4 Å². The van der Waals surface area contributed by atoms with Crippen LogP contribution in [-0.4, -0.2) is 15.7 Å². The van der Waals surface area contributed by atoms with E-state index < -0.39 is 0 Å². The van der Waals surface area contributed by atoms with Crippen LogP contribution in [0.25, 0.3) is 0 Å². The molecule has 1 aliphatic carbocycles. The fourth-order valence-electron chi connectivity index (χ4n) is 3.60. The van der Waals surface area contributed by atoms with Gasteiger partial charge in [0.1, 0.15) is 5.82 Å². The molecule has 0 aliphatic heterocycles. The zero-order valence-electron chi connectivity index (χ0n) is 14.0. The van der Waals surface area contributed by atoms with Crippen LogP contribution in [0.15, 0.2) is 18.2 Å². The van der Waals surface area contributed by atoms with Crippen LogP contribution in [0.2, 0.25) is 0 Å². The van der Waals surface area contributed by atoms with Crippen molar-refractivity contribution in [2.75, 3.05) is 0 Å². The third-order valence-corrected chi connectivity index (χ3v) is 4.92. The van der Waals surface area contributed by atoms with Crippen LogP contribution in [0.3, 0.4) is 0 Å². The molecule has 1 aromatic heterocycles. The lowest BCUT2D eigenvalue weighted by Gasteiger charge is -2.18. The van der Waals surface area contributed by atoms with Crippen LogP contribution in [0.1, 0.15) is 53.4 Å². The van der Waals surface area contributed by atoms with Gasteiger partial charge in [-0.25, -0.2) is 4.39 Å². The number of aromatic nitrogens is 2. The summed E-state index contributed by atoms with van der Waals surface area (Å²) in [6, 6.07) is 4.99. The van der Waals surface area contributed by atoms with Gasteiger partial charge in [-0.2, -0.15) is 5.10 Å². The molecule has 23 heavy (non-hydrogen) atoms. The predicted molar refractivity (Wildman–Crippen MR) is 86.7 cm³/mol. The Morgan fingerprint density at radius 1 is 1.43 bits per heavy atom. The van der Waals surface area contributed by atoms with Gasteiger partial charge >= 0.3 is 0 Å². The Labute approximate surface area is 135 Å². The highest BCUT2D eigenvalue weighted by molar-refractivity contribution is 5.84. The molecule has 5 heteroatoms. The Morgan fingerprint density at radius 2 is 2.17 bits per heavy atom. The number of carbonyl (C=O) groups excluding carboxylic acids is 1. The lowest BCUT2D eigenvalue weighted by Crippen LogP contribution is -2.31. The number of benzene rings is 1. The van der Waals surface area contributed by atoms with E-state index in [1.165, 1.54) is 6.07 Å². The molecule has 0 radical (unpaired) electrons. The Morgan fingerprint density at radius 3 is 2.83 bits per heavy atom. The molecule has 4 nitrogen and oxygen atoms in total. The lowest BCUT2D eigenvalue weighted by molar-refractivity contribution is -0.123. The van der Waals surface area contributed by atoms with Crippen molar-refractivity contribution in [3.05, 3.63) is 52.1 Å². The summed E-state index contributed by atoms with van der Waals surface area (Å²) in [6.07, 6.45) is 1.42. The van der Waals surface area contributed by atoms with Crippen molar-refractivity contribution >= 4 is 5.91 Å². The summed E-state index contributed by atoms with van der Waals surface area (Å²) in [4.78, 5) is 12.7. The van der Waals surface area contributed by atoms with Crippen molar-refractivity contribution in [1.82, 2.24) is 15.1 Å². The predicted octanol–water partition coefficient (Wildman–Crippen LogP) is 3.08. The van der Waals surface area contributed by atoms with Gasteiger partial charge in [0.15, 0.2) is 0 Å². The number of hydrogen-bond donors (Lipinski definition) is 1. The Hall–Kier alpha value is -2.17. The summed E-state index contributed by atoms with van der Waals surface area (Å²) in [7, 11) is 1.88. The van der Waals surface area contributed by atoms with Gasteiger partial charge in [0.05, 0.1) is 17.7 Å². The summed E-state index contributed by atoms with van der Waals surface area (Å²) in [5, 5.41) is 7.46. The molecule has 1 heterocycles. The maximum atomic E-state index is 13.8. The number of fused-ring (bicyclic) bond motifs is 1. The number of halogens is 1. The highest BCUT2D eigenvalue weighted by Gasteiger charge is 2.29. The minimum atomic E-state index is -0.277. The quantitative estimate of drug-likeness (QED) is 0.946. The van der Waals surface area contributed by atoms with E-state index in [-0.39, 0.29) is 23.7 Å². The molecule has 1 amide bonds. The van der Waals surface area contributed by atoms with Crippen molar-refractivity contribution in [3.8, 4) is 0 Å². The number of carbonyl (C=O) groups is 1. The Balaban J connectivity index is 1.80. The van der Waals surface area contributed by atoms with Gasteiger partial charge in [-0.15, -0.1) is 0 Å². The summed E-state index contributed by atoms with van der Waals surface area (Å²) in [6.45, 7) is 5.79. The topological polar surface area (TPSA) is 46.9 Å². The van der Waals surface area contributed by atoms with Gasteiger partial charge in [0.2, 0.25) is 5.91 Å². The summed E-state index contributed by atoms with van der Waals surface area (Å²) in [5.41, 5.74) is 4.50. The molecule has 0 saturated heterocycles. The van der Waals surface area contributed by atoms with E-state index in [4.69, 9.17) is 0 Å². The van der Waals surface area contributed by atoms with Crippen LogP contribution in [0.4, 0.5) is 4.39 Å². The number of nitrogens with zero attached hydrogens (tertiary/aromatic N) is 2. The molecule has 0 fully saturated rings. The van der Waals surface area contributed by atoms with E-state index in [0.29, 0.717) is 6.42 Å². The molecule has 2 atom stereocenters. The van der Waals surface area contributed by atoms with E-state index in [0.717, 1.165) is 34.5 Å². The largest absolute Gasteiger partial charge is 0.349 e. The van der Waals surface area contributed by atoms with Crippen molar-refractivity contribution in [1.29, 1.82) is 0 Å². The second kappa shape index (κ2) is 5.80. The first kappa shape index (κ1) is 15.7. The molecule has 2 aromatic rings. The van der Waals surface area contributed by atoms with Crippen LogP contribution in [-0.2, 0) is 18.3 Å². The monoisotopic (exact) mass is 315 g/mol. The molecular formula is C18H22FN3O. The fourth-order valence-corrected chi connectivity index (χ4v) is 3.60. The SMILES string of the molecule is Cc1nn(C)c(C)c1[C@H](C)C(=O)N[C@H]1CCc2c(F)cccc21. The molecule has 3 rings (SSSR count). The maximum absolute atomic E-state index is 13.8. The van der Waals surface area contributed by atoms with Gasteiger partial charge in [-0.3, -0.25) is 9.48 Å². The highest BCUT2D eigenvalue weighted by Crippen LogP contribution is 2.33. The van der Waals surface area contributed by atoms with E-state index in [1.54, 1.807) is 10.7 Å². The number of hydrogen-bond acceptors (Lipinski definition) is 2. The van der Waals surface area contributed by atoms with Gasteiger partial charge in [-0.05, 0) is 50.8 Å². The molecule has 0 unspecified atom stereocenters. The molecule has 1 N–H and O–H groups in total. The highest BCUT2D eigenvalue weighted by atomic mass is 19.1. The van der Waals surface area contributed by atoms with Crippen molar-refractivity contribution in [2.24, 2.45) is 7.05 Å². The molecule has 0 saturated carbocycles. The minimum Gasteiger partial charge on any atom is -0.349 e. The first-order valence-electron chi connectivity index (χ1n) is 7.98. The van der Waals surface area contributed by atoms with Gasteiger partial charge < -0.3 is 5.32 Å². The zero-order chi connectivity index (χ0) is 16.7. The standard InChI is InChI=1S/C18H22FN3O/c1-10(17-11(2)21-22(4)12(17)3)18(23)20-16-9-8-13-14(16)6-5-7-15(13)19/h5-7,10,16H,8-9H2,1-4H3,(H,20,23)/t10-,16-/m0/s1. The van der Waals surface area contributed by atoms with Crippen molar-refractivity contribution in [2.45, 2.75) is 45.6 Å². The molecule has 122 valence electrons. The molecule has 1 aliphatic rings. The van der Waals surface area contributed by atoms with Gasteiger partial charge in [0.25, 0.3) is 0 Å². The van der Waals surface area contributed by atoms with Crippen LogP contribution in [0, 0.1) is 19.7 Å². The smallest absolute Gasteiger partial charge is 0.227 e. The summed E-state index contributed by atoms with van der Waals surface area (Å²) < 4.78 is 15.6. The van der Waals surface area contributed by atoms with E-state index in [1.807, 2.05) is 33.9 Å². The molecule has 0 spiro atoms. The maximum Gasteiger partial charge on any atom is 0.227 e. The summed E-state index contributed by atoms with van der Waals surface area (Å²) in [5.74, 6) is -0.487. The molecular weight excluding hydrogens is 293 g/mol. The summed E-state index contributed by atoms with van der Waals surface area (Å²) >= 11 is 0. The first-order valence-corrected chi connectivity index (χ1v) is 7.98. The molecule has 0 bridgehead atoms. The third-order valence-electron chi connectivity index (χ3n) is 4.92. The van der Waals surface area contributed by atoms with Crippen LogP contribution < -0.4 is 5.32 Å². The second-order valence-electron chi connectivity index (χ2n) is 6.34. The van der Waals surface area contributed by atoms with Crippen LogP contribution in [0.5, 0.6) is 0 Å². The Bertz CT molecular complexity index is 766. The average molecular weight is 315 g/mol. The zero-order valence-corrected chi connectivity index (χ0v) is 14.0. The lowest BCUT2D eigenvalue weighted by atomic mass is 9.97. The second-order valence-corrected chi connectivity index (χ2v) is 6.34. The molecule has 1 aromatic carbocycles. The van der Waals surface area contributed by atoms with E-state index >= 15 is 0 Å².